The van der Waals surface area contributed by atoms with Crippen molar-refractivity contribution >= 4 is 40.8 Å². The SMILES string of the molecule is O=C(COc1ccc(F)c(Cl)c1)NC12CC(N3CCN(c4ccc(Cl)cc4)C3=O)(C1)C2. The Morgan fingerprint density at radius 3 is 2.48 bits per heavy atom. The van der Waals surface area contributed by atoms with Crippen LogP contribution in [0.15, 0.2) is 42.5 Å². The lowest BCUT2D eigenvalue weighted by atomic mass is 9.43. The summed E-state index contributed by atoms with van der Waals surface area (Å²) < 4.78 is 18.6. The fourth-order valence-electron chi connectivity index (χ4n) is 5.04. The third kappa shape index (κ3) is 3.49. The molecule has 3 aliphatic carbocycles. The molecule has 31 heavy (non-hydrogen) atoms. The largest absolute Gasteiger partial charge is 0.484 e. The predicted molar refractivity (Wildman–Crippen MR) is 115 cm³/mol. The summed E-state index contributed by atoms with van der Waals surface area (Å²) in [5, 5.41) is 3.61. The van der Waals surface area contributed by atoms with Crippen molar-refractivity contribution in [2.75, 3.05) is 24.6 Å². The van der Waals surface area contributed by atoms with E-state index in [1.54, 1.807) is 17.0 Å². The summed E-state index contributed by atoms with van der Waals surface area (Å²) >= 11 is 11.7. The summed E-state index contributed by atoms with van der Waals surface area (Å²) in [4.78, 5) is 29.0. The summed E-state index contributed by atoms with van der Waals surface area (Å²) in [6.07, 6.45) is 2.23. The second-order valence-electron chi connectivity index (χ2n) is 8.51. The minimum absolute atomic E-state index is 0.00142. The van der Waals surface area contributed by atoms with E-state index in [9.17, 15) is 14.0 Å². The Bertz CT molecular complexity index is 1040. The summed E-state index contributed by atoms with van der Waals surface area (Å²) in [5.41, 5.74) is 0.399. The molecule has 2 aromatic carbocycles. The average molecular weight is 464 g/mol. The van der Waals surface area contributed by atoms with Crippen molar-refractivity contribution in [3.05, 3.63) is 58.3 Å². The van der Waals surface area contributed by atoms with Gasteiger partial charge in [-0.1, -0.05) is 23.2 Å². The van der Waals surface area contributed by atoms with Crippen molar-refractivity contribution in [2.24, 2.45) is 0 Å². The highest BCUT2D eigenvalue weighted by Crippen LogP contribution is 2.64. The van der Waals surface area contributed by atoms with Crippen LogP contribution in [0.4, 0.5) is 14.9 Å². The van der Waals surface area contributed by atoms with Gasteiger partial charge < -0.3 is 15.0 Å². The lowest BCUT2D eigenvalue weighted by molar-refractivity contribution is -0.165. The van der Waals surface area contributed by atoms with Crippen LogP contribution in [0, 0.1) is 5.82 Å². The zero-order valence-corrected chi connectivity index (χ0v) is 18.0. The van der Waals surface area contributed by atoms with Crippen molar-refractivity contribution < 1.29 is 18.7 Å². The van der Waals surface area contributed by atoms with Crippen LogP contribution < -0.4 is 15.0 Å². The zero-order chi connectivity index (χ0) is 21.8. The third-order valence-electron chi connectivity index (χ3n) is 6.39. The van der Waals surface area contributed by atoms with Gasteiger partial charge in [0, 0.05) is 35.4 Å². The number of halogens is 3. The molecule has 4 fully saturated rings. The Balaban J connectivity index is 1.13. The van der Waals surface area contributed by atoms with E-state index in [2.05, 4.69) is 5.32 Å². The van der Waals surface area contributed by atoms with Gasteiger partial charge >= 0.3 is 6.03 Å². The molecule has 0 unspecified atom stereocenters. The van der Waals surface area contributed by atoms with Crippen LogP contribution in [0.5, 0.6) is 5.75 Å². The Kier molecular flexibility index (Phi) is 4.79. The number of hydrogen-bond donors (Lipinski definition) is 1. The highest BCUT2D eigenvalue weighted by molar-refractivity contribution is 6.31. The Morgan fingerprint density at radius 1 is 1.10 bits per heavy atom. The molecule has 4 aliphatic rings. The van der Waals surface area contributed by atoms with E-state index in [4.69, 9.17) is 27.9 Å². The molecule has 1 aliphatic heterocycles. The number of urea groups is 1. The molecule has 3 amide bonds. The molecule has 2 bridgehead atoms. The monoisotopic (exact) mass is 463 g/mol. The summed E-state index contributed by atoms with van der Waals surface area (Å²) in [7, 11) is 0. The van der Waals surface area contributed by atoms with Crippen LogP contribution in [0.2, 0.25) is 10.0 Å². The van der Waals surface area contributed by atoms with Crippen LogP contribution >= 0.6 is 23.2 Å². The van der Waals surface area contributed by atoms with Gasteiger partial charge in [0.1, 0.15) is 11.6 Å². The Morgan fingerprint density at radius 2 is 1.81 bits per heavy atom. The second-order valence-corrected chi connectivity index (χ2v) is 9.35. The highest BCUT2D eigenvalue weighted by atomic mass is 35.5. The van der Waals surface area contributed by atoms with Gasteiger partial charge in [-0.25, -0.2) is 9.18 Å². The summed E-state index contributed by atoms with van der Waals surface area (Å²) in [6, 6.07) is 11.2. The van der Waals surface area contributed by atoms with Gasteiger partial charge in [-0.15, -0.1) is 0 Å². The second kappa shape index (κ2) is 7.28. The molecule has 1 saturated heterocycles. The fourth-order valence-corrected chi connectivity index (χ4v) is 5.33. The smallest absolute Gasteiger partial charge is 0.325 e. The lowest BCUT2D eigenvalue weighted by Gasteiger charge is -2.72. The normalized spacial score (nSPS) is 26.4. The van der Waals surface area contributed by atoms with Gasteiger partial charge in [-0.05, 0) is 55.7 Å². The first kappa shape index (κ1) is 20.4. The lowest BCUT2D eigenvalue weighted by Crippen LogP contribution is -2.84. The van der Waals surface area contributed by atoms with Crippen molar-refractivity contribution in [3.63, 3.8) is 0 Å². The van der Waals surface area contributed by atoms with Crippen LogP contribution in [-0.2, 0) is 4.79 Å². The molecule has 0 atom stereocenters. The molecule has 1 heterocycles. The van der Waals surface area contributed by atoms with E-state index in [0.717, 1.165) is 24.9 Å². The molecule has 0 radical (unpaired) electrons. The molecule has 0 spiro atoms. The van der Waals surface area contributed by atoms with Crippen LogP contribution in [0.25, 0.3) is 0 Å². The molecule has 9 heteroatoms. The number of nitrogens with zero attached hydrogens (tertiary/aromatic N) is 2. The maximum atomic E-state index is 13.2. The number of nitrogens with one attached hydrogen (secondary N) is 1. The summed E-state index contributed by atoms with van der Waals surface area (Å²) in [5.74, 6) is -0.450. The standard InChI is InChI=1S/C22H20Cl2FN3O3/c23-14-1-3-15(4-2-14)27-7-8-28(20(27)30)22-11-21(12-22,13-22)26-19(29)10-31-16-5-6-18(25)17(24)9-16/h1-6,9H,7-8,10-13H2,(H,26,29). The van der Waals surface area contributed by atoms with E-state index in [0.29, 0.717) is 23.9 Å². The van der Waals surface area contributed by atoms with Crippen molar-refractivity contribution in [2.45, 2.75) is 30.3 Å². The number of amides is 3. The van der Waals surface area contributed by atoms with Gasteiger partial charge in [-0.2, -0.15) is 0 Å². The number of ether oxygens (including phenoxy) is 1. The minimum Gasteiger partial charge on any atom is -0.484 e. The molecular formula is C22H20Cl2FN3O3. The van der Waals surface area contributed by atoms with Crippen molar-refractivity contribution in [3.8, 4) is 5.75 Å². The summed E-state index contributed by atoms with van der Waals surface area (Å²) in [6.45, 7) is 1.12. The van der Waals surface area contributed by atoms with E-state index >= 15 is 0 Å². The first-order valence-corrected chi connectivity index (χ1v) is 10.8. The molecule has 3 saturated carbocycles. The number of anilines is 1. The molecular weight excluding hydrogens is 444 g/mol. The maximum Gasteiger partial charge on any atom is 0.325 e. The van der Waals surface area contributed by atoms with Crippen LogP contribution in [0.1, 0.15) is 19.3 Å². The predicted octanol–water partition coefficient (Wildman–Crippen LogP) is 4.24. The molecule has 2 aromatic rings. The topological polar surface area (TPSA) is 61.9 Å². The molecule has 6 nitrogen and oxygen atoms in total. The third-order valence-corrected chi connectivity index (χ3v) is 6.93. The fraction of sp³-hybridized carbons (Fsp3) is 0.364. The van der Waals surface area contributed by atoms with Crippen LogP contribution in [-0.4, -0.2) is 47.6 Å². The van der Waals surface area contributed by atoms with Crippen LogP contribution in [0.3, 0.4) is 0 Å². The highest BCUT2D eigenvalue weighted by Gasteiger charge is 2.72. The number of hydrogen-bond acceptors (Lipinski definition) is 3. The molecule has 6 rings (SSSR count). The Labute approximate surface area is 188 Å². The zero-order valence-electron chi connectivity index (χ0n) is 16.5. The van der Waals surface area contributed by atoms with Gasteiger partial charge in [0.2, 0.25) is 0 Å². The van der Waals surface area contributed by atoms with Gasteiger partial charge in [0.15, 0.2) is 6.61 Å². The first-order chi connectivity index (χ1) is 14.8. The number of rotatable bonds is 6. The number of benzene rings is 2. The first-order valence-electron chi connectivity index (χ1n) is 10.0. The molecule has 0 aromatic heterocycles. The number of carbonyl (C=O) groups excluding carboxylic acids is 2. The average Bonchev–Trinajstić information content (AvgIpc) is 3.06. The molecule has 162 valence electrons. The maximum absolute atomic E-state index is 13.2. The van der Waals surface area contributed by atoms with E-state index in [-0.39, 0.29) is 34.6 Å². The van der Waals surface area contributed by atoms with Gasteiger partial charge in [0.25, 0.3) is 5.91 Å². The van der Waals surface area contributed by atoms with Crippen molar-refractivity contribution in [1.82, 2.24) is 10.2 Å². The quantitative estimate of drug-likeness (QED) is 0.696. The van der Waals surface area contributed by atoms with E-state index < -0.39 is 5.82 Å². The van der Waals surface area contributed by atoms with Gasteiger partial charge in [-0.3, -0.25) is 9.69 Å². The number of carbonyl (C=O) groups is 2. The van der Waals surface area contributed by atoms with Crippen molar-refractivity contribution in [1.29, 1.82) is 0 Å². The van der Waals surface area contributed by atoms with Gasteiger partial charge in [0.05, 0.1) is 10.6 Å². The molecule has 1 N–H and O–H groups in total. The van der Waals surface area contributed by atoms with E-state index in [1.165, 1.54) is 18.2 Å². The van der Waals surface area contributed by atoms with E-state index in [1.807, 2.05) is 17.0 Å². The Hall–Kier alpha value is -2.51. The minimum atomic E-state index is -0.538.